The van der Waals surface area contributed by atoms with Crippen LogP contribution in [0.1, 0.15) is 12.5 Å². The molecule has 0 unspecified atom stereocenters. The van der Waals surface area contributed by atoms with Gasteiger partial charge in [-0.1, -0.05) is 29.8 Å². The number of carbonyl (C=O) groups excluding carboxylic acids is 2. The van der Waals surface area contributed by atoms with Crippen molar-refractivity contribution in [2.45, 2.75) is 13.8 Å². The first-order chi connectivity index (χ1) is 10.5. The van der Waals surface area contributed by atoms with Crippen molar-refractivity contribution < 1.29 is 9.59 Å². The molecule has 2 amide bonds. The highest BCUT2D eigenvalue weighted by molar-refractivity contribution is 6.30. The normalized spacial score (nSPS) is 10.1. The molecule has 0 saturated carbocycles. The smallest absolute Gasteiger partial charge is 0.244 e. The molecule has 0 fully saturated rings. The summed E-state index contributed by atoms with van der Waals surface area (Å²) in [5, 5.41) is 3.35. The molecule has 114 valence electrons. The highest BCUT2D eigenvalue weighted by Gasteiger charge is 2.17. The summed E-state index contributed by atoms with van der Waals surface area (Å²) >= 11 is 5.81. The van der Waals surface area contributed by atoms with E-state index in [0.29, 0.717) is 10.7 Å². The van der Waals surface area contributed by atoms with Crippen LogP contribution in [0.15, 0.2) is 48.5 Å². The predicted octanol–water partition coefficient (Wildman–Crippen LogP) is 3.64. The number of rotatable bonds is 4. The number of benzene rings is 2. The molecule has 0 radical (unpaired) electrons. The molecule has 0 heterocycles. The largest absolute Gasteiger partial charge is 0.325 e. The van der Waals surface area contributed by atoms with Crippen LogP contribution in [0.4, 0.5) is 11.4 Å². The molecule has 0 aromatic heterocycles. The fourth-order valence-electron chi connectivity index (χ4n) is 2.11. The van der Waals surface area contributed by atoms with Crippen molar-refractivity contribution in [3.8, 4) is 0 Å². The van der Waals surface area contributed by atoms with Gasteiger partial charge in [-0.15, -0.1) is 0 Å². The van der Waals surface area contributed by atoms with Gasteiger partial charge < -0.3 is 10.2 Å². The average Bonchev–Trinajstić information content (AvgIpc) is 2.48. The van der Waals surface area contributed by atoms with Crippen LogP contribution in [0.2, 0.25) is 5.02 Å². The molecule has 2 aromatic rings. The van der Waals surface area contributed by atoms with Gasteiger partial charge in [0.2, 0.25) is 11.8 Å². The number of hydrogen-bond acceptors (Lipinski definition) is 2. The zero-order valence-electron chi connectivity index (χ0n) is 12.5. The van der Waals surface area contributed by atoms with Gasteiger partial charge in [0.05, 0.1) is 0 Å². The Bertz CT molecular complexity index is 683. The molecule has 0 saturated heterocycles. The van der Waals surface area contributed by atoms with Gasteiger partial charge in [-0.05, 0) is 42.8 Å². The van der Waals surface area contributed by atoms with Crippen LogP contribution in [0, 0.1) is 6.92 Å². The molecule has 0 bridgehead atoms. The van der Waals surface area contributed by atoms with E-state index in [9.17, 15) is 9.59 Å². The van der Waals surface area contributed by atoms with Crippen molar-refractivity contribution >= 4 is 34.8 Å². The molecule has 0 aliphatic heterocycles. The molecule has 2 aromatic carbocycles. The molecule has 2 rings (SSSR count). The topological polar surface area (TPSA) is 49.4 Å². The van der Waals surface area contributed by atoms with Crippen LogP contribution in [0.3, 0.4) is 0 Å². The number of nitrogens with one attached hydrogen (secondary N) is 1. The monoisotopic (exact) mass is 316 g/mol. The summed E-state index contributed by atoms with van der Waals surface area (Å²) in [5.74, 6) is -0.443. The van der Waals surface area contributed by atoms with Gasteiger partial charge in [-0.2, -0.15) is 0 Å². The second-order valence-electron chi connectivity index (χ2n) is 4.95. The lowest BCUT2D eigenvalue weighted by atomic mass is 10.2. The highest BCUT2D eigenvalue weighted by atomic mass is 35.5. The number of para-hydroxylation sites is 1. The van der Waals surface area contributed by atoms with E-state index >= 15 is 0 Å². The Labute approximate surface area is 134 Å². The Morgan fingerprint density at radius 2 is 1.73 bits per heavy atom. The SMILES string of the molecule is CC(=O)N(CC(=O)Nc1ccc(Cl)cc1)c1ccccc1C. The standard InChI is InChI=1S/C17H17ClN2O2/c1-12-5-3-4-6-16(12)20(13(2)21)11-17(22)19-15-9-7-14(18)8-10-15/h3-10H,11H2,1-2H3,(H,19,22). The minimum Gasteiger partial charge on any atom is -0.325 e. The first kappa shape index (κ1) is 16.0. The highest BCUT2D eigenvalue weighted by Crippen LogP contribution is 2.20. The molecule has 5 heteroatoms. The van der Waals surface area contributed by atoms with E-state index in [1.807, 2.05) is 31.2 Å². The Balaban J connectivity index is 2.11. The van der Waals surface area contributed by atoms with Crippen LogP contribution < -0.4 is 10.2 Å². The van der Waals surface area contributed by atoms with Crippen molar-refractivity contribution in [2.24, 2.45) is 0 Å². The van der Waals surface area contributed by atoms with Gasteiger partial charge in [0.25, 0.3) is 0 Å². The van der Waals surface area contributed by atoms with Crippen LogP contribution in [-0.4, -0.2) is 18.4 Å². The van der Waals surface area contributed by atoms with Gasteiger partial charge in [0, 0.05) is 23.3 Å². The fourth-order valence-corrected chi connectivity index (χ4v) is 2.24. The summed E-state index contributed by atoms with van der Waals surface area (Å²) in [6, 6.07) is 14.3. The number of halogens is 1. The maximum atomic E-state index is 12.2. The van der Waals surface area contributed by atoms with E-state index in [-0.39, 0.29) is 18.4 Å². The van der Waals surface area contributed by atoms with E-state index in [1.165, 1.54) is 11.8 Å². The summed E-state index contributed by atoms with van der Waals surface area (Å²) in [7, 11) is 0. The third-order valence-corrected chi connectivity index (χ3v) is 3.47. The van der Waals surface area contributed by atoms with Crippen LogP contribution in [-0.2, 0) is 9.59 Å². The number of nitrogens with zero attached hydrogens (tertiary/aromatic N) is 1. The van der Waals surface area contributed by atoms with Crippen molar-refractivity contribution in [1.82, 2.24) is 0 Å². The number of anilines is 2. The predicted molar refractivity (Wildman–Crippen MR) is 89.3 cm³/mol. The quantitative estimate of drug-likeness (QED) is 0.936. The Kier molecular flexibility index (Phi) is 5.17. The number of amides is 2. The van der Waals surface area contributed by atoms with Gasteiger partial charge >= 0.3 is 0 Å². The first-order valence-electron chi connectivity index (χ1n) is 6.86. The lowest BCUT2D eigenvalue weighted by Gasteiger charge is -2.22. The first-order valence-corrected chi connectivity index (χ1v) is 7.24. The van der Waals surface area contributed by atoms with E-state index in [1.54, 1.807) is 24.3 Å². The zero-order chi connectivity index (χ0) is 16.1. The van der Waals surface area contributed by atoms with Gasteiger partial charge in [0.1, 0.15) is 6.54 Å². The molecule has 0 aliphatic carbocycles. The summed E-state index contributed by atoms with van der Waals surface area (Å²) < 4.78 is 0. The van der Waals surface area contributed by atoms with Crippen molar-refractivity contribution in [3.63, 3.8) is 0 Å². The molecular weight excluding hydrogens is 300 g/mol. The maximum Gasteiger partial charge on any atom is 0.244 e. The van der Waals surface area contributed by atoms with E-state index in [0.717, 1.165) is 11.3 Å². The fraction of sp³-hybridized carbons (Fsp3) is 0.176. The second-order valence-corrected chi connectivity index (χ2v) is 5.38. The Hall–Kier alpha value is -2.33. The van der Waals surface area contributed by atoms with Gasteiger partial charge in [-0.3, -0.25) is 9.59 Å². The second kappa shape index (κ2) is 7.09. The van der Waals surface area contributed by atoms with Crippen LogP contribution in [0.25, 0.3) is 0 Å². The molecule has 4 nitrogen and oxygen atoms in total. The van der Waals surface area contributed by atoms with Crippen molar-refractivity contribution in [2.75, 3.05) is 16.8 Å². The summed E-state index contributed by atoms with van der Waals surface area (Å²) in [6.07, 6.45) is 0. The average molecular weight is 317 g/mol. The summed E-state index contributed by atoms with van der Waals surface area (Å²) in [5.41, 5.74) is 2.32. The minimum atomic E-state index is -0.263. The number of hydrogen-bond donors (Lipinski definition) is 1. The van der Waals surface area contributed by atoms with Crippen molar-refractivity contribution in [1.29, 1.82) is 0 Å². The molecule has 0 spiro atoms. The Morgan fingerprint density at radius 1 is 1.09 bits per heavy atom. The van der Waals surface area contributed by atoms with Crippen LogP contribution in [0.5, 0.6) is 0 Å². The van der Waals surface area contributed by atoms with Crippen LogP contribution >= 0.6 is 11.6 Å². The lowest BCUT2D eigenvalue weighted by molar-refractivity contribution is -0.120. The summed E-state index contributed by atoms with van der Waals surface area (Å²) in [4.78, 5) is 25.5. The number of aryl methyl sites for hydroxylation is 1. The third-order valence-electron chi connectivity index (χ3n) is 3.22. The maximum absolute atomic E-state index is 12.2. The molecule has 1 N–H and O–H groups in total. The molecule has 0 atom stereocenters. The number of carbonyl (C=O) groups is 2. The molecule has 0 aliphatic rings. The van der Waals surface area contributed by atoms with Crippen molar-refractivity contribution in [3.05, 3.63) is 59.1 Å². The summed E-state index contributed by atoms with van der Waals surface area (Å²) in [6.45, 7) is 3.31. The minimum absolute atomic E-state index is 0.0389. The molecular formula is C17H17ClN2O2. The third kappa shape index (κ3) is 4.09. The van der Waals surface area contributed by atoms with Gasteiger partial charge in [0.15, 0.2) is 0 Å². The Morgan fingerprint density at radius 3 is 2.32 bits per heavy atom. The molecule has 22 heavy (non-hydrogen) atoms. The van der Waals surface area contributed by atoms with Gasteiger partial charge in [-0.25, -0.2) is 0 Å². The van der Waals surface area contributed by atoms with E-state index in [2.05, 4.69) is 5.32 Å². The van der Waals surface area contributed by atoms with E-state index in [4.69, 9.17) is 11.6 Å². The van der Waals surface area contributed by atoms with E-state index < -0.39 is 0 Å². The lowest BCUT2D eigenvalue weighted by Crippen LogP contribution is -2.37. The zero-order valence-corrected chi connectivity index (χ0v) is 13.2.